The molecule has 0 saturated heterocycles. The Bertz CT molecular complexity index is 897. The first-order valence-electron chi connectivity index (χ1n) is 10.2. The Hall–Kier alpha value is -2.07. The fourth-order valence-corrected chi connectivity index (χ4v) is 3.53. The molecule has 0 aliphatic carbocycles. The minimum atomic E-state index is -1.50. The molecule has 0 aliphatic heterocycles. The number of aliphatic hydroxyl groups is 3. The average molecular weight is 470 g/mol. The highest BCUT2D eigenvalue weighted by Crippen LogP contribution is 2.28. The summed E-state index contributed by atoms with van der Waals surface area (Å²) in [4.78, 5) is 11.7. The zero-order valence-electron chi connectivity index (χ0n) is 18.0. The zero-order chi connectivity index (χ0) is 23.9. The van der Waals surface area contributed by atoms with Gasteiger partial charge in [-0.2, -0.15) is 0 Å². The predicted octanol–water partition coefficient (Wildman–Crippen LogP) is 2.79. The van der Waals surface area contributed by atoms with E-state index in [0.717, 1.165) is 5.56 Å². The highest BCUT2D eigenvalue weighted by Gasteiger charge is 2.36. The summed E-state index contributed by atoms with van der Waals surface area (Å²) >= 11 is 5.97. The molecule has 32 heavy (non-hydrogen) atoms. The van der Waals surface area contributed by atoms with Crippen LogP contribution in [0.1, 0.15) is 25.8 Å². The van der Waals surface area contributed by atoms with E-state index >= 15 is 0 Å². The minimum absolute atomic E-state index is 0.0284. The van der Waals surface area contributed by atoms with E-state index in [-0.39, 0.29) is 19.4 Å². The number of carboxylic acid groups (broad SMARTS) is 1. The SMILES string of the molecule is CCOC(O)C(O)N[C@H](Cc1ccc(-c2cc(Cl)ccc2F)cc1)C[C@@](C)(CO)C(=O)O. The van der Waals surface area contributed by atoms with Gasteiger partial charge in [0.1, 0.15) is 5.82 Å². The smallest absolute Gasteiger partial charge is 0.311 e. The summed E-state index contributed by atoms with van der Waals surface area (Å²) < 4.78 is 19.1. The van der Waals surface area contributed by atoms with E-state index in [9.17, 15) is 29.6 Å². The molecule has 0 bridgehead atoms. The summed E-state index contributed by atoms with van der Waals surface area (Å²) in [6.07, 6.45) is -2.71. The second-order valence-electron chi connectivity index (χ2n) is 7.91. The third kappa shape index (κ3) is 6.96. The zero-order valence-corrected chi connectivity index (χ0v) is 18.7. The molecule has 9 heteroatoms. The summed E-state index contributed by atoms with van der Waals surface area (Å²) in [5.74, 6) is -1.59. The van der Waals surface area contributed by atoms with Crippen LogP contribution in [0, 0.1) is 11.2 Å². The van der Waals surface area contributed by atoms with E-state index in [4.69, 9.17) is 16.3 Å². The first-order chi connectivity index (χ1) is 15.1. The molecule has 0 amide bonds. The summed E-state index contributed by atoms with van der Waals surface area (Å²) in [5.41, 5.74) is 0.290. The molecular weight excluding hydrogens is 441 g/mol. The number of hydrogen-bond donors (Lipinski definition) is 5. The highest BCUT2D eigenvalue weighted by molar-refractivity contribution is 6.30. The molecule has 0 aliphatic rings. The van der Waals surface area contributed by atoms with Gasteiger partial charge in [-0.3, -0.25) is 10.1 Å². The van der Waals surface area contributed by atoms with Crippen molar-refractivity contribution in [3.63, 3.8) is 0 Å². The second kappa shape index (κ2) is 11.7. The van der Waals surface area contributed by atoms with Gasteiger partial charge in [0.25, 0.3) is 0 Å². The van der Waals surface area contributed by atoms with Gasteiger partial charge in [-0.25, -0.2) is 4.39 Å². The molecule has 0 heterocycles. The summed E-state index contributed by atoms with van der Waals surface area (Å²) in [6.45, 7) is 2.64. The third-order valence-electron chi connectivity index (χ3n) is 5.25. The van der Waals surface area contributed by atoms with Gasteiger partial charge in [0.05, 0.1) is 12.0 Å². The number of nitrogens with one attached hydrogen (secondary N) is 1. The van der Waals surface area contributed by atoms with Gasteiger partial charge in [0.2, 0.25) is 0 Å². The monoisotopic (exact) mass is 469 g/mol. The minimum Gasteiger partial charge on any atom is -0.481 e. The molecule has 7 nitrogen and oxygen atoms in total. The van der Waals surface area contributed by atoms with Crippen molar-refractivity contribution in [1.29, 1.82) is 0 Å². The molecule has 2 rings (SSSR count). The van der Waals surface area contributed by atoms with Gasteiger partial charge >= 0.3 is 5.97 Å². The number of carbonyl (C=O) groups is 1. The van der Waals surface area contributed by atoms with Gasteiger partial charge in [-0.1, -0.05) is 35.9 Å². The lowest BCUT2D eigenvalue weighted by molar-refractivity contribution is -0.171. The fourth-order valence-electron chi connectivity index (χ4n) is 3.36. The Labute approximate surface area is 191 Å². The standard InChI is InChI=1S/C23H29ClFNO6/c1-3-32-21(29)20(28)26-17(12-23(2,13-27)22(30)31)10-14-4-6-15(7-5-14)18-11-16(24)8-9-19(18)25/h4-9,11,17,20-21,26-29H,3,10,12-13H2,1-2H3,(H,30,31)/t17-,20?,21?,23+/m1/s1. The fraction of sp³-hybridized carbons (Fsp3) is 0.435. The topological polar surface area (TPSA) is 119 Å². The van der Waals surface area contributed by atoms with Crippen molar-refractivity contribution in [3.05, 3.63) is 58.9 Å². The van der Waals surface area contributed by atoms with Crippen molar-refractivity contribution in [3.8, 4) is 11.1 Å². The number of carboxylic acids is 1. The van der Waals surface area contributed by atoms with Crippen LogP contribution in [-0.2, 0) is 16.0 Å². The first-order valence-corrected chi connectivity index (χ1v) is 10.6. The predicted molar refractivity (Wildman–Crippen MR) is 119 cm³/mol. The molecule has 4 atom stereocenters. The first kappa shape index (κ1) is 26.2. The quantitative estimate of drug-likeness (QED) is 0.303. The van der Waals surface area contributed by atoms with Crippen molar-refractivity contribution in [2.75, 3.05) is 13.2 Å². The maximum atomic E-state index is 14.1. The van der Waals surface area contributed by atoms with Crippen LogP contribution in [0.3, 0.4) is 0 Å². The Morgan fingerprint density at radius 1 is 1.22 bits per heavy atom. The van der Waals surface area contributed by atoms with Crippen molar-refractivity contribution in [1.82, 2.24) is 5.32 Å². The van der Waals surface area contributed by atoms with E-state index in [1.807, 2.05) is 0 Å². The molecule has 0 saturated carbocycles. The molecule has 0 spiro atoms. The van der Waals surface area contributed by atoms with Crippen LogP contribution in [0.5, 0.6) is 0 Å². The lowest BCUT2D eigenvalue weighted by Crippen LogP contribution is -2.50. The van der Waals surface area contributed by atoms with Crippen LogP contribution in [0.2, 0.25) is 5.02 Å². The van der Waals surface area contributed by atoms with Crippen molar-refractivity contribution in [2.24, 2.45) is 5.41 Å². The largest absolute Gasteiger partial charge is 0.481 e. The van der Waals surface area contributed by atoms with Gasteiger partial charge in [0, 0.05) is 23.2 Å². The number of benzene rings is 2. The highest BCUT2D eigenvalue weighted by atomic mass is 35.5. The van der Waals surface area contributed by atoms with Gasteiger partial charge < -0.3 is 25.2 Å². The van der Waals surface area contributed by atoms with Gasteiger partial charge in [0.15, 0.2) is 12.5 Å². The lowest BCUT2D eigenvalue weighted by Gasteiger charge is -2.31. The maximum Gasteiger partial charge on any atom is 0.311 e. The Morgan fingerprint density at radius 3 is 2.44 bits per heavy atom. The number of halogens is 2. The Balaban J connectivity index is 2.23. The van der Waals surface area contributed by atoms with Crippen molar-refractivity contribution < 1.29 is 34.3 Å². The third-order valence-corrected chi connectivity index (χ3v) is 5.49. The van der Waals surface area contributed by atoms with E-state index in [1.54, 1.807) is 31.2 Å². The molecule has 0 fully saturated rings. The van der Waals surface area contributed by atoms with E-state index in [0.29, 0.717) is 16.1 Å². The number of rotatable bonds is 12. The van der Waals surface area contributed by atoms with Crippen molar-refractivity contribution >= 4 is 17.6 Å². The van der Waals surface area contributed by atoms with Crippen LogP contribution >= 0.6 is 11.6 Å². The summed E-state index contributed by atoms with van der Waals surface area (Å²) in [6, 6.07) is 10.6. The number of aliphatic hydroxyl groups excluding tert-OH is 3. The molecular formula is C23H29ClFNO6. The van der Waals surface area contributed by atoms with Gasteiger partial charge in [-0.15, -0.1) is 0 Å². The van der Waals surface area contributed by atoms with E-state index in [1.165, 1.54) is 25.1 Å². The Morgan fingerprint density at radius 2 is 1.88 bits per heavy atom. The summed E-state index contributed by atoms with van der Waals surface area (Å²) in [5, 5.41) is 42.4. The van der Waals surface area contributed by atoms with E-state index in [2.05, 4.69) is 5.32 Å². The Kier molecular flexibility index (Phi) is 9.57. The van der Waals surface area contributed by atoms with Crippen LogP contribution in [0.25, 0.3) is 11.1 Å². The average Bonchev–Trinajstić information content (AvgIpc) is 2.75. The molecule has 0 radical (unpaired) electrons. The number of ether oxygens (including phenoxy) is 1. The van der Waals surface area contributed by atoms with E-state index < -0.39 is 42.4 Å². The second-order valence-corrected chi connectivity index (χ2v) is 8.34. The number of hydrogen-bond acceptors (Lipinski definition) is 6. The number of aliphatic carboxylic acids is 1. The normalized spacial score (nSPS) is 16.2. The van der Waals surface area contributed by atoms with Crippen LogP contribution in [0.15, 0.2) is 42.5 Å². The molecule has 5 N–H and O–H groups in total. The molecule has 2 unspecified atom stereocenters. The van der Waals surface area contributed by atoms with Crippen LogP contribution in [0.4, 0.5) is 4.39 Å². The lowest BCUT2D eigenvalue weighted by atomic mass is 9.82. The molecule has 2 aromatic carbocycles. The van der Waals surface area contributed by atoms with Crippen LogP contribution < -0.4 is 5.32 Å². The molecule has 2 aromatic rings. The van der Waals surface area contributed by atoms with Gasteiger partial charge in [-0.05, 0) is 56.0 Å². The summed E-state index contributed by atoms with van der Waals surface area (Å²) in [7, 11) is 0. The maximum absolute atomic E-state index is 14.1. The molecule has 176 valence electrons. The van der Waals surface area contributed by atoms with Crippen molar-refractivity contribution in [2.45, 2.75) is 45.2 Å². The molecule has 0 aromatic heterocycles. The van der Waals surface area contributed by atoms with Crippen LogP contribution in [-0.4, -0.2) is 58.2 Å².